The van der Waals surface area contributed by atoms with Crippen molar-refractivity contribution in [1.29, 1.82) is 5.26 Å². The Kier molecular flexibility index (Phi) is 6.59. The number of halogens is 1. The zero-order valence-corrected chi connectivity index (χ0v) is 22.3. The minimum atomic E-state index is -0.723. The van der Waals surface area contributed by atoms with Crippen molar-refractivity contribution in [3.05, 3.63) is 29.0 Å². The number of nitrogens with zero attached hydrogens (tertiary/aromatic N) is 4. The summed E-state index contributed by atoms with van der Waals surface area (Å²) in [5.41, 5.74) is -0.315. The van der Waals surface area contributed by atoms with Gasteiger partial charge in [-0.25, -0.2) is 4.79 Å². The molecule has 0 aromatic carbocycles. The molecule has 5 rings (SSSR count). The van der Waals surface area contributed by atoms with Crippen molar-refractivity contribution in [2.45, 2.75) is 101 Å². The molecule has 1 aromatic rings. The van der Waals surface area contributed by atoms with Gasteiger partial charge in [0.2, 0.25) is 11.8 Å². The zero-order chi connectivity index (χ0) is 26.5. The minimum Gasteiger partial charge on any atom is -0.444 e. The Morgan fingerprint density at radius 2 is 1.97 bits per heavy atom. The second kappa shape index (κ2) is 9.46. The van der Waals surface area contributed by atoms with Crippen LogP contribution >= 0.6 is 11.6 Å². The minimum absolute atomic E-state index is 0.0238. The van der Waals surface area contributed by atoms with E-state index in [0.717, 1.165) is 37.7 Å². The van der Waals surface area contributed by atoms with Crippen molar-refractivity contribution < 1.29 is 19.1 Å². The number of aromatic nitrogens is 1. The van der Waals surface area contributed by atoms with Gasteiger partial charge in [0.1, 0.15) is 17.7 Å². The van der Waals surface area contributed by atoms with Gasteiger partial charge >= 0.3 is 6.09 Å². The molecule has 1 N–H and O–H groups in total. The highest BCUT2D eigenvalue weighted by atomic mass is 35.5. The Morgan fingerprint density at radius 3 is 2.62 bits per heavy atom. The highest BCUT2D eigenvalue weighted by Gasteiger charge is 2.64. The lowest BCUT2D eigenvalue weighted by atomic mass is 9.85. The number of amides is 3. The fourth-order valence-corrected chi connectivity index (χ4v) is 6.73. The fourth-order valence-electron chi connectivity index (χ4n) is 6.55. The average molecular weight is 528 g/mol. The Hall–Kier alpha value is -2.86. The predicted molar refractivity (Wildman–Crippen MR) is 135 cm³/mol. The van der Waals surface area contributed by atoms with Gasteiger partial charge in [0.05, 0.1) is 22.5 Å². The number of likely N-dealkylation sites (tertiary alicyclic amines) is 1. The van der Waals surface area contributed by atoms with E-state index in [2.05, 4.69) is 16.4 Å². The lowest BCUT2D eigenvalue weighted by molar-refractivity contribution is -0.147. The molecular weight excluding hydrogens is 494 g/mol. The highest BCUT2D eigenvalue weighted by molar-refractivity contribution is 6.30. The summed E-state index contributed by atoms with van der Waals surface area (Å²) in [5, 5.41) is 13.4. The van der Waals surface area contributed by atoms with Crippen molar-refractivity contribution >= 4 is 29.5 Å². The molecule has 3 amide bonds. The number of carbonyl (C=O) groups is 3. The molecule has 9 nitrogen and oxygen atoms in total. The monoisotopic (exact) mass is 527 g/mol. The third-order valence-electron chi connectivity index (χ3n) is 8.28. The number of hydrogen-bond donors (Lipinski definition) is 1. The lowest BCUT2D eigenvalue weighted by Crippen LogP contribution is -2.56. The molecule has 0 bridgehead atoms. The largest absolute Gasteiger partial charge is 0.444 e. The quantitative estimate of drug-likeness (QED) is 0.639. The van der Waals surface area contributed by atoms with Crippen LogP contribution in [0.5, 0.6) is 0 Å². The van der Waals surface area contributed by atoms with E-state index in [1.807, 2.05) is 11.0 Å². The Balaban J connectivity index is 1.37. The van der Waals surface area contributed by atoms with Gasteiger partial charge in [-0.2, -0.15) is 5.26 Å². The molecule has 37 heavy (non-hydrogen) atoms. The number of nitrogens with one attached hydrogen (secondary N) is 1. The van der Waals surface area contributed by atoms with Crippen LogP contribution < -0.4 is 5.32 Å². The summed E-state index contributed by atoms with van der Waals surface area (Å²) in [5.74, 6) is -0.846. The number of pyridine rings is 1. The summed E-state index contributed by atoms with van der Waals surface area (Å²) in [6.07, 6.45) is 7.63. The number of ether oxygens (including phenoxy) is 1. The van der Waals surface area contributed by atoms with E-state index in [1.54, 1.807) is 38.1 Å². The molecule has 4 aliphatic rings. The number of hydrogen-bond acceptors (Lipinski definition) is 6. The van der Waals surface area contributed by atoms with Crippen LogP contribution in [-0.2, 0) is 14.3 Å². The average Bonchev–Trinajstić information content (AvgIpc) is 3.42. The van der Waals surface area contributed by atoms with E-state index in [1.165, 1.54) is 0 Å². The van der Waals surface area contributed by atoms with Crippen molar-refractivity contribution in [1.82, 2.24) is 20.1 Å². The van der Waals surface area contributed by atoms with Crippen LogP contribution in [-0.4, -0.2) is 68.5 Å². The smallest absolute Gasteiger partial charge is 0.408 e. The molecule has 0 radical (unpaired) electrons. The molecule has 4 heterocycles. The number of rotatable bonds is 3. The maximum atomic E-state index is 14.1. The molecule has 1 saturated carbocycles. The summed E-state index contributed by atoms with van der Waals surface area (Å²) in [7, 11) is 0. The number of nitriles is 1. The van der Waals surface area contributed by atoms with Gasteiger partial charge in [0, 0.05) is 30.9 Å². The number of fused-ring (bicyclic) bond motifs is 1. The first kappa shape index (κ1) is 25.8. The summed E-state index contributed by atoms with van der Waals surface area (Å²) in [6.45, 7) is 5.73. The zero-order valence-electron chi connectivity index (χ0n) is 21.6. The third kappa shape index (κ3) is 4.76. The van der Waals surface area contributed by atoms with Crippen molar-refractivity contribution in [3.8, 4) is 6.07 Å². The molecule has 1 spiro atoms. The first-order valence-corrected chi connectivity index (χ1v) is 13.5. The van der Waals surface area contributed by atoms with Crippen LogP contribution in [0.4, 0.5) is 4.79 Å². The Labute approximate surface area is 222 Å². The van der Waals surface area contributed by atoms with Gasteiger partial charge in [-0.15, -0.1) is 0 Å². The van der Waals surface area contributed by atoms with Crippen molar-refractivity contribution in [3.63, 3.8) is 0 Å². The summed E-state index contributed by atoms with van der Waals surface area (Å²) < 4.78 is 5.38. The van der Waals surface area contributed by atoms with Gasteiger partial charge in [0.15, 0.2) is 0 Å². The molecule has 4 fully saturated rings. The maximum absolute atomic E-state index is 14.1. The molecule has 1 aromatic heterocycles. The second-order valence-electron chi connectivity index (χ2n) is 11.8. The molecule has 5 atom stereocenters. The fraction of sp³-hybridized carbons (Fsp3) is 0.667. The van der Waals surface area contributed by atoms with Gasteiger partial charge in [-0.1, -0.05) is 11.6 Å². The molecule has 10 heteroatoms. The first-order chi connectivity index (χ1) is 17.5. The molecule has 3 aliphatic heterocycles. The molecule has 198 valence electrons. The van der Waals surface area contributed by atoms with Crippen LogP contribution in [0.15, 0.2) is 18.5 Å². The van der Waals surface area contributed by atoms with Crippen LogP contribution in [0.25, 0.3) is 0 Å². The van der Waals surface area contributed by atoms with Gasteiger partial charge in [0.25, 0.3) is 0 Å². The van der Waals surface area contributed by atoms with Gasteiger partial charge in [-0.05, 0) is 77.3 Å². The van der Waals surface area contributed by atoms with Crippen molar-refractivity contribution in [2.75, 3.05) is 6.54 Å². The summed E-state index contributed by atoms with van der Waals surface area (Å²) >= 11 is 6.19. The number of carbonyl (C=O) groups excluding carboxylic acids is 3. The highest BCUT2D eigenvalue weighted by Crippen LogP contribution is 2.58. The first-order valence-electron chi connectivity index (χ1n) is 13.2. The molecular formula is C27H34ClN5O4. The van der Waals surface area contributed by atoms with Gasteiger partial charge < -0.3 is 19.9 Å². The molecule has 1 aliphatic carbocycles. The van der Waals surface area contributed by atoms with E-state index in [0.29, 0.717) is 24.4 Å². The topological polar surface area (TPSA) is 116 Å². The normalized spacial score (nSPS) is 30.5. The molecule has 3 saturated heterocycles. The van der Waals surface area contributed by atoms with Crippen LogP contribution in [0.3, 0.4) is 0 Å². The standard InChI is InChI=1S/C27H34ClN5O4/c1-26(2,3)37-25(36)31-21-6-4-5-18-7-8-22(33(18)23(21)34)24(35)32-15-19(16-11-17(28)14-30-13-16)20(12-29)27(32)9-10-27/h11,13-14,18-22H,4-10,15H2,1-3H3,(H,31,36)/t18-,19-,20-,21-,22-/m0/s1. The second-order valence-corrected chi connectivity index (χ2v) is 12.3. The SMILES string of the molecule is CC(C)(C)OC(=O)N[C@H]1CCC[C@H]2CC[C@@H](C(=O)N3C[C@@H](c4cncc(Cl)c4)[C@H](C#N)C34CC4)N2C1=O. The van der Waals surface area contributed by atoms with Gasteiger partial charge in [-0.3, -0.25) is 14.6 Å². The molecule has 0 unspecified atom stereocenters. The van der Waals surface area contributed by atoms with E-state index < -0.39 is 29.3 Å². The predicted octanol–water partition coefficient (Wildman–Crippen LogP) is 3.77. The maximum Gasteiger partial charge on any atom is 0.408 e. The Bertz CT molecular complexity index is 1140. The Morgan fingerprint density at radius 1 is 1.22 bits per heavy atom. The van der Waals surface area contributed by atoms with Crippen LogP contribution in [0.1, 0.15) is 77.2 Å². The van der Waals surface area contributed by atoms with Crippen LogP contribution in [0.2, 0.25) is 5.02 Å². The lowest BCUT2D eigenvalue weighted by Gasteiger charge is -2.35. The van der Waals surface area contributed by atoms with Crippen molar-refractivity contribution in [2.24, 2.45) is 5.92 Å². The summed E-state index contributed by atoms with van der Waals surface area (Å²) in [4.78, 5) is 48.0. The van der Waals surface area contributed by atoms with E-state index in [9.17, 15) is 19.6 Å². The summed E-state index contributed by atoms with van der Waals surface area (Å²) in [6, 6.07) is 2.96. The van der Waals surface area contributed by atoms with E-state index in [4.69, 9.17) is 16.3 Å². The van der Waals surface area contributed by atoms with E-state index >= 15 is 0 Å². The third-order valence-corrected chi connectivity index (χ3v) is 8.49. The number of alkyl carbamates (subject to hydrolysis) is 1. The van der Waals surface area contributed by atoms with Crippen LogP contribution in [0, 0.1) is 17.2 Å². The van der Waals surface area contributed by atoms with E-state index in [-0.39, 0.29) is 29.7 Å².